The van der Waals surface area contributed by atoms with Gasteiger partial charge in [0, 0.05) is 35.2 Å². The molecule has 1 aromatic carbocycles. The molecule has 0 radical (unpaired) electrons. The van der Waals surface area contributed by atoms with Gasteiger partial charge in [0.05, 0.1) is 13.2 Å². The molecular weight excluding hydrogens is 351 g/mol. The smallest absolute Gasteiger partial charge is 0.254 e. The topological polar surface area (TPSA) is 49.9 Å². The Balaban J connectivity index is 1.79. The Morgan fingerprint density at radius 2 is 1.75 bits per heavy atom. The highest BCUT2D eigenvalue weighted by atomic mass is 35.5. The lowest BCUT2D eigenvalue weighted by Gasteiger charge is -2.32. The van der Waals surface area contributed by atoms with E-state index in [2.05, 4.69) is 0 Å². The molecule has 0 unspecified atom stereocenters. The van der Waals surface area contributed by atoms with Crippen LogP contribution in [-0.2, 0) is 9.53 Å². The Labute approximate surface area is 151 Å². The lowest BCUT2D eigenvalue weighted by atomic mass is 10.1. The van der Waals surface area contributed by atoms with Crippen LogP contribution in [0.3, 0.4) is 0 Å². The van der Waals surface area contributed by atoms with Crippen LogP contribution in [-0.4, -0.2) is 60.5 Å². The highest BCUT2D eigenvalue weighted by Gasteiger charge is 2.37. The molecule has 2 aliphatic rings. The van der Waals surface area contributed by atoms with Crippen molar-refractivity contribution in [2.45, 2.75) is 25.8 Å². The minimum atomic E-state index is -0.408. The molecule has 2 saturated heterocycles. The summed E-state index contributed by atoms with van der Waals surface area (Å²) in [6.07, 6.45) is 1.51. The lowest BCUT2D eigenvalue weighted by molar-refractivity contribution is -0.139. The van der Waals surface area contributed by atoms with E-state index in [1.165, 1.54) is 0 Å². The molecule has 0 N–H and O–H groups in total. The number of hydrogen-bond acceptors (Lipinski definition) is 3. The maximum absolute atomic E-state index is 12.9. The van der Waals surface area contributed by atoms with Gasteiger partial charge in [0.25, 0.3) is 5.91 Å². The number of carbonyl (C=O) groups excluding carboxylic acids is 2. The monoisotopic (exact) mass is 370 g/mol. The van der Waals surface area contributed by atoms with E-state index in [0.717, 1.165) is 12.0 Å². The van der Waals surface area contributed by atoms with Gasteiger partial charge in [0.1, 0.15) is 6.04 Å². The van der Waals surface area contributed by atoms with Crippen molar-refractivity contribution in [3.05, 3.63) is 33.3 Å². The Morgan fingerprint density at radius 1 is 1.12 bits per heavy atom. The third-order valence-electron chi connectivity index (χ3n) is 4.65. The Hall–Kier alpha value is -1.30. The third-order valence-corrected chi connectivity index (χ3v) is 5.43. The molecule has 2 heterocycles. The van der Waals surface area contributed by atoms with E-state index in [0.29, 0.717) is 54.9 Å². The van der Waals surface area contributed by atoms with Crippen molar-refractivity contribution in [3.63, 3.8) is 0 Å². The minimum Gasteiger partial charge on any atom is -0.378 e. The van der Waals surface area contributed by atoms with Crippen LogP contribution in [0.1, 0.15) is 28.8 Å². The SMILES string of the molecule is Cc1c(Cl)cc(C(=O)N2CCC[C@H]2C(=O)N2CCOCC2)cc1Cl. The first kappa shape index (κ1) is 17.5. The van der Waals surface area contributed by atoms with Gasteiger partial charge >= 0.3 is 0 Å². The van der Waals surface area contributed by atoms with Crippen LogP contribution >= 0.6 is 23.2 Å². The van der Waals surface area contributed by atoms with Crippen molar-refractivity contribution in [2.24, 2.45) is 0 Å². The van der Waals surface area contributed by atoms with Gasteiger partial charge in [0.2, 0.25) is 5.91 Å². The number of hydrogen-bond donors (Lipinski definition) is 0. The second-order valence-electron chi connectivity index (χ2n) is 6.16. The zero-order valence-electron chi connectivity index (χ0n) is 13.6. The van der Waals surface area contributed by atoms with Crippen molar-refractivity contribution < 1.29 is 14.3 Å². The molecule has 3 rings (SSSR count). The fourth-order valence-corrected chi connectivity index (χ4v) is 3.68. The van der Waals surface area contributed by atoms with Crippen LogP contribution in [0, 0.1) is 6.92 Å². The Morgan fingerprint density at radius 3 is 2.38 bits per heavy atom. The van der Waals surface area contributed by atoms with E-state index in [-0.39, 0.29) is 11.8 Å². The number of halogens is 2. The molecule has 1 atom stereocenters. The van der Waals surface area contributed by atoms with Crippen LogP contribution in [0.2, 0.25) is 10.0 Å². The zero-order chi connectivity index (χ0) is 17.3. The summed E-state index contributed by atoms with van der Waals surface area (Å²) in [4.78, 5) is 29.1. The number of carbonyl (C=O) groups is 2. The number of morpholine rings is 1. The number of nitrogens with zero attached hydrogens (tertiary/aromatic N) is 2. The van der Waals surface area contributed by atoms with Crippen molar-refractivity contribution >= 4 is 35.0 Å². The molecule has 0 aromatic heterocycles. The average molecular weight is 371 g/mol. The molecule has 130 valence electrons. The van der Waals surface area contributed by atoms with Gasteiger partial charge in [-0.2, -0.15) is 0 Å². The quantitative estimate of drug-likeness (QED) is 0.803. The summed E-state index contributed by atoms with van der Waals surface area (Å²) in [5, 5.41) is 0.919. The van der Waals surface area contributed by atoms with Gasteiger partial charge in [-0.25, -0.2) is 0 Å². The molecule has 5 nitrogen and oxygen atoms in total. The highest BCUT2D eigenvalue weighted by molar-refractivity contribution is 6.36. The number of rotatable bonds is 2. The third kappa shape index (κ3) is 3.39. The maximum Gasteiger partial charge on any atom is 0.254 e. The maximum atomic E-state index is 12.9. The molecule has 0 spiro atoms. The van der Waals surface area contributed by atoms with Crippen molar-refractivity contribution in [1.29, 1.82) is 0 Å². The average Bonchev–Trinajstić information content (AvgIpc) is 3.08. The van der Waals surface area contributed by atoms with E-state index in [1.54, 1.807) is 28.9 Å². The van der Waals surface area contributed by atoms with Gasteiger partial charge in [-0.1, -0.05) is 23.2 Å². The molecule has 1 aromatic rings. The zero-order valence-corrected chi connectivity index (χ0v) is 15.1. The summed E-state index contributed by atoms with van der Waals surface area (Å²) >= 11 is 12.3. The molecule has 24 heavy (non-hydrogen) atoms. The van der Waals surface area contributed by atoms with E-state index >= 15 is 0 Å². The van der Waals surface area contributed by atoms with Crippen molar-refractivity contribution in [3.8, 4) is 0 Å². The minimum absolute atomic E-state index is 0.00783. The van der Waals surface area contributed by atoms with Crippen LogP contribution in [0.25, 0.3) is 0 Å². The first-order valence-corrected chi connectivity index (χ1v) is 8.88. The van der Waals surface area contributed by atoms with E-state index in [4.69, 9.17) is 27.9 Å². The van der Waals surface area contributed by atoms with Crippen molar-refractivity contribution in [2.75, 3.05) is 32.8 Å². The van der Waals surface area contributed by atoms with Gasteiger partial charge in [-0.05, 0) is 37.5 Å². The van der Waals surface area contributed by atoms with E-state index in [1.807, 2.05) is 0 Å². The molecule has 7 heteroatoms. The fraction of sp³-hybridized carbons (Fsp3) is 0.529. The summed E-state index contributed by atoms with van der Waals surface area (Å²) < 4.78 is 5.29. The van der Waals surface area contributed by atoms with Gasteiger partial charge in [-0.15, -0.1) is 0 Å². The normalized spacial score (nSPS) is 21.2. The predicted molar refractivity (Wildman–Crippen MR) is 92.7 cm³/mol. The largest absolute Gasteiger partial charge is 0.378 e. The van der Waals surface area contributed by atoms with E-state index in [9.17, 15) is 9.59 Å². The van der Waals surface area contributed by atoms with Crippen molar-refractivity contribution in [1.82, 2.24) is 9.80 Å². The Bertz CT molecular complexity index is 636. The lowest BCUT2D eigenvalue weighted by Crippen LogP contribution is -2.51. The second kappa shape index (κ2) is 7.30. The molecule has 2 amide bonds. The number of likely N-dealkylation sites (tertiary alicyclic amines) is 1. The second-order valence-corrected chi connectivity index (χ2v) is 6.97. The predicted octanol–water partition coefficient (Wildman–Crippen LogP) is 2.77. The molecule has 0 bridgehead atoms. The summed E-state index contributed by atoms with van der Waals surface area (Å²) in [7, 11) is 0. The fourth-order valence-electron chi connectivity index (χ4n) is 3.20. The Kier molecular flexibility index (Phi) is 5.33. The van der Waals surface area contributed by atoms with Gasteiger partial charge in [-0.3, -0.25) is 9.59 Å². The standard InChI is InChI=1S/C17H20Cl2N2O3/c1-11-13(18)9-12(10-14(11)19)16(22)21-4-2-3-15(21)17(23)20-5-7-24-8-6-20/h9-10,15H,2-8H2,1H3/t15-/m0/s1. The number of amides is 2. The molecule has 2 fully saturated rings. The first-order chi connectivity index (χ1) is 11.5. The molecule has 0 aliphatic carbocycles. The van der Waals surface area contributed by atoms with E-state index < -0.39 is 6.04 Å². The molecular formula is C17H20Cl2N2O3. The molecule has 0 saturated carbocycles. The first-order valence-electron chi connectivity index (χ1n) is 8.12. The van der Waals surface area contributed by atoms with Gasteiger partial charge < -0.3 is 14.5 Å². The van der Waals surface area contributed by atoms with Crippen LogP contribution in [0.15, 0.2) is 12.1 Å². The summed E-state index contributed by atoms with van der Waals surface area (Å²) in [5.41, 5.74) is 1.18. The van der Waals surface area contributed by atoms with Crippen LogP contribution in [0.4, 0.5) is 0 Å². The molecule has 2 aliphatic heterocycles. The summed E-state index contributed by atoms with van der Waals surface area (Å²) in [5.74, 6) is -0.184. The number of ether oxygens (including phenoxy) is 1. The van der Waals surface area contributed by atoms with Gasteiger partial charge in [0.15, 0.2) is 0 Å². The number of benzene rings is 1. The van der Waals surface area contributed by atoms with Crippen LogP contribution in [0.5, 0.6) is 0 Å². The summed E-state index contributed by atoms with van der Waals surface area (Å²) in [6, 6.07) is 2.84. The highest BCUT2D eigenvalue weighted by Crippen LogP contribution is 2.28. The van der Waals surface area contributed by atoms with Crippen LogP contribution < -0.4 is 0 Å². The summed E-state index contributed by atoms with van der Waals surface area (Å²) in [6.45, 7) is 4.65.